The van der Waals surface area contributed by atoms with Gasteiger partial charge in [-0.25, -0.2) is 4.98 Å². The van der Waals surface area contributed by atoms with Gasteiger partial charge < -0.3 is 10.2 Å². The molecule has 27 heavy (non-hydrogen) atoms. The molecule has 0 unspecified atom stereocenters. The SMILES string of the molecule is O=C(N[C@H]1CCCN(c2ncc(C(F)(F)F)cc2Cl)C1)c1ccc(Cl)cc1. The van der Waals surface area contributed by atoms with Gasteiger partial charge in [0.15, 0.2) is 0 Å². The molecule has 0 bridgehead atoms. The molecular weight excluding hydrogens is 402 g/mol. The van der Waals surface area contributed by atoms with Gasteiger partial charge in [-0.3, -0.25) is 4.79 Å². The lowest BCUT2D eigenvalue weighted by molar-refractivity contribution is -0.137. The first-order valence-corrected chi connectivity index (χ1v) is 9.04. The van der Waals surface area contributed by atoms with Crippen molar-refractivity contribution in [2.45, 2.75) is 25.1 Å². The summed E-state index contributed by atoms with van der Waals surface area (Å²) in [6.07, 6.45) is -2.21. The number of pyridine rings is 1. The van der Waals surface area contributed by atoms with E-state index in [1.54, 1.807) is 29.2 Å². The third kappa shape index (κ3) is 4.84. The van der Waals surface area contributed by atoms with Crippen LogP contribution in [0.4, 0.5) is 19.0 Å². The van der Waals surface area contributed by atoms with Crippen LogP contribution in [0.1, 0.15) is 28.8 Å². The van der Waals surface area contributed by atoms with E-state index in [-0.39, 0.29) is 22.8 Å². The van der Waals surface area contributed by atoms with Crippen LogP contribution in [0.5, 0.6) is 0 Å². The number of aromatic nitrogens is 1. The molecule has 4 nitrogen and oxygen atoms in total. The molecule has 2 heterocycles. The van der Waals surface area contributed by atoms with Crippen LogP contribution in [0, 0.1) is 0 Å². The fourth-order valence-electron chi connectivity index (χ4n) is 2.98. The van der Waals surface area contributed by atoms with E-state index in [1.165, 1.54) is 0 Å². The molecule has 1 aromatic carbocycles. The van der Waals surface area contributed by atoms with Crippen molar-refractivity contribution in [1.29, 1.82) is 0 Å². The van der Waals surface area contributed by atoms with Crippen LogP contribution in [-0.2, 0) is 6.18 Å². The third-order valence-electron chi connectivity index (χ3n) is 4.31. The summed E-state index contributed by atoms with van der Waals surface area (Å²) in [4.78, 5) is 18.0. The largest absolute Gasteiger partial charge is 0.417 e. The lowest BCUT2D eigenvalue weighted by Gasteiger charge is -2.34. The first-order chi connectivity index (χ1) is 12.7. The molecule has 144 valence electrons. The smallest absolute Gasteiger partial charge is 0.353 e. The van der Waals surface area contributed by atoms with Crippen molar-refractivity contribution in [3.8, 4) is 0 Å². The zero-order valence-electron chi connectivity index (χ0n) is 14.1. The number of benzene rings is 1. The van der Waals surface area contributed by atoms with E-state index in [9.17, 15) is 18.0 Å². The second kappa shape index (κ2) is 7.94. The molecule has 0 saturated carbocycles. The average Bonchev–Trinajstić information content (AvgIpc) is 2.61. The highest BCUT2D eigenvalue weighted by Gasteiger charge is 2.32. The number of carbonyl (C=O) groups is 1. The minimum Gasteiger partial charge on any atom is -0.353 e. The van der Waals surface area contributed by atoms with Crippen molar-refractivity contribution in [3.05, 3.63) is 57.7 Å². The third-order valence-corrected chi connectivity index (χ3v) is 4.84. The van der Waals surface area contributed by atoms with E-state index in [1.807, 2.05) is 0 Å². The first-order valence-electron chi connectivity index (χ1n) is 8.28. The van der Waals surface area contributed by atoms with Crippen LogP contribution < -0.4 is 10.2 Å². The number of carbonyl (C=O) groups excluding carboxylic acids is 1. The van der Waals surface area contributed by atoms with Crippen LogP contribution in [-0.4, -0.2) is 30.0 Å². The number of rotatable bonds is 3. The van der Waals surface area contributed by atoms with Crippen LogP contribution in [0.2, 0.25) is 10.0 Å². The molecule has 0 radical (unpaired) electrons. The summed E-state index contributed by atoms with van der Waals surface area (Å²) in [5.74, 6) is 0.0556. The summed E-state index contributed by atoms with van der Waals surface area (Å²) in [5.41, 5.74) is -0.400. The van der Waals surface area contributed by atoms with Crippen molar-refractivity contribution in [2.24, 2.45) is 0 Å². The fraction of sp³-hybridized carbons (Fsp3) is 0.333. The second-order valence-corrected chi connectivity index (χ2v) is 7.14. The Balaban J connectivity index is 1.69. The first kappa shape index (κ1) is 19.8. The Morgan fingerprint density at radius 1 is 1.22 bits per heavy atom. The standard InChI is InChI=1S/C18H16Cl2F3N3O/c19-13-5-3-11(4-6-13)17(27)25-14-2-1-7-26(10-14)16-15(20)8-12(9-24-16)18(21,22)23/h3-6,8-9,14H,1-2,7,10H2,(H,25,27)/t14-/m0/s1. The molecule has 1 atom stereocenters. The molecule has 9 heteroatoms. The predicted molar refractivity (Wildman–Crippen MR) is 98.4 cm³/mol. The molecule has 1 N–H and O–H groups in total. The number of hydrogen-bond donors (Lipinski definition) is 1. The fourth-order valence-corrected chi connectivity index (χ4v) is 3.39. The van der Waals surface area contributed by atoms with Gasteiger partial charge in [-0.15, -0.1) is 0 Å². The minimum absolute atomic E-state index is 0.0606. The maximum atomic E-state index is 12.8. The Kier molecular flexibility index (Phi) is 5.81. The number of hydrogen-bond acceptors (Lipinski definition) is 3. The van der Waals surface area contributed by atoms with E-state index in [0.717, 1.165) is 25.1 Å². The average molecular weight is 418 g/mol. The molecule has 1 fully saturated rings. The quantitative estimate of drug-likeness (QED) is 0.779. The number of anilines is 1. The molecule has 0 spiro atoms. The Hall–Kier alpha value is -1.99. The molecular formula is C18H16Cl2F3N3O. The lowest BCUT2D eigenvalue weighted by Crippen LogP contribution is -2.48. The number of alkyl halides is 3. The van der Waals surface area contributed by atoms with Gasteiger partial charge in [-0.2, -0.15) is 13.2 Å². The number of halogens is 5. The van der Waals surface area contributed by atoms with Gasteiger partial charge in [0.05, 0.1) is 10.6 Å². The topological polar surface area (TPSA) is 45.2 Å². The Morgan fingerprint density at radius 3 is 2.56 bits per heavy atom. The van der Waals surface area contributed by atoms with Gasteiger partial charge in [0, 0.05) is 35.9 Å². The highest BCUT2D eigenvalue weighted by Crippen LogP contribution is 2.34. The number of piperidine rings is 1. The number of nitrogens with one attached hydrogen (secondary N) is 1. The van der Waals surface area contributed by atoms with Gasteiger partial charge >= 0.3 is 6.18 Å². The van der Waals surface area contributed by atoms with Crippen LogP contribution in [0.15, 0.2) is 36.5 Å². The normalized spacial score (nSPS) is 17.7. The second-order valence-electron chi connectivity index (χ2n) is 6.29. The summed E-state index contributed by atoms with van der Waals surface area (Å²) >= 11 is 11.8. The van der Waals surface area contributed by atoms with Gasteiger partial charge in [0.25, 0.3) is 5.91 Å². The van der Waals surface area contributed by atoms with E-state index < -0.39 is 11.7 Å². The summed E-state index contributed by atoms with van der Waals surface area (Å²) < 4.78 is 38.3. The maximum absolute atomic E-state index is 12.8. The van der Waals surface area contributed by atoms with Crippen molar-refractivity contribution in [1.82, 2.24) is 10.3 Å². The molecule has 1 amide bonds. The zero-order chi connectivity index (χ0) is 19.6. The predicted octanol–water partition coefficient (Wildman–Crippen LogP) is 4.81. The maximum Gasteiger partial charge on any atom is 0.417 e. The molecule has 1 aliphatic heterocycles. The van der Waals surface area contributed by atoms with Gasteiger partial charge in [-0.05, 0) is 43.2 Å². The molecule has 1 aliphatic rings. The van der Waals surface area contributed by atoms with Crippen molar-refractivity contribution in [2.75, 3.05) is 18.0 Å². The summed E-state index contributed by atoms with van der Waals surface area (Å²) in [6, 6.07) is 7.24. The number of nitrogens with zero attached hydrogens (tertiary/aromatic N) is 2. The van der Waals surface area contributed by atoms with Crippen LogP contribution >= 0.6 is 23.2 Å². The molecule has 3 rings (SSSR count). The molecule has 0 aliphatic carbocycles. The van der Waals surface area contributed by atoms with Gasteiger partial charge in [0.2, 0.25) is 0 Å². The van der Waals surface area contributed by atoms with Gasteiger partial charge in [-0.1, -0.05) is 23.2 Å². The Bertz CT molecular complexity index is 828. The number of amides is 1. The molecule has 1 saturated heterocycles. The molecule has 1 aromatic heterocycles. The summed E-state index contributed by atoms with van der Waals surface area (Å²) in [7, 11) is 0. The lowest BCUT2D eigenvalue weighted by atomic mass is 10.0. The van der Waals surface area contributed by atoms with E-state index in [0.29, 0.717) is 23.7 Å². The van der Waals surface area contributed by atoms with Crippen molar-refractivity contribution >= 4 is 34.9 Å². The Morgan fingerprint density at radius 2 is 1.93 bits per heavy atom. The minimum atomic E-state index is -4.49. The van der Waals surface area contributed by atoms with E-state index in [2.05, 4.69) is 10.3 Å². The van der Waals surface area contributed by atoms with Crippen LogP contribution in [0.3, 0.4) is 0 Å². The zero-order valence-corrected chi connectivity index (χ0v) is 15.6. The van der Waals surface area contributed by atoms with Crippen molar-refractivity contribution in [3.63, 3.8) is 0 Å². The monoisotopic (exact) mass is 417 g/mol. The van der Waals surface area contributed by atoms with E-state index >= 15 is 0 Å². The van der Waals surface area contributed by atoms with E-state index in [4.69, 9.17) is 23.2 Å². The van der Waals surface area contributed by atoms with Crippen LogP contribution in [0.25, 0.3) is 0 Å². The summed E-state index contributed by atoms with van der Waals surface area (Å²) in [5, 5.41) is 3.41. The Labute approximate surface area is 164 Å². The highest BCUT2D eigenvalue weighted by atomic mass is 35.5. The molecule has 2 aromatic rings. The van der Waals surface area contributed by atoms with Crippen molar-refractivity contribution < 1.29 is 18.0 Å². The van der Waals surface area contributed by atoms with Gasteiger partial charge in [0.1, 0.15) is 5.82 Å². The summed E-state index contributed by atoms with van der Waals surface area (Å²) in [6.45, 7) is 1.02. The highest BCUT2D eigenvalue weighted by molar-refractivity contribution is 6.33.